The van der Waals surface area contributed by atoms with Crippen LogP contribution in [-0.4, -0.2) is 35.2 Å². The number of thiocarbonyl (C=S) groups is 1. The Balaban J connectivity index is 1.77. The molecule has 2 aromatic rings. The average molecular weight is 394 g/mol. The lowest BCUT2D eigenvalue weighted by atomic mass is 10.0. The van der Waals surface area contributed by atoms with Crippen molar-refractivity contribution in [2.45, 2.75) is 13.3 Å². The third-order valence-electron chi connectivity index (χ3n) is 4.50. The van der Waals surface area contributed by atoms with E-state index in [1.807, 2.05) is 25.1 Å². The number of carbonyl (C=O) groups excluding carboxylic acids is 2. The van der Waals surface area contributed by atoms with Crippen LogP contribution in [-0.2, 0) is 9.59 Å². The SMILES string of the molecule is CCCN1C(=O)/C(=C/c2ccc3c(c2)OCO3)C(=O)N(c2ccccc2)C1=S. The number of nitrogens with zero attached hydrogens (tertiary/aromatic N) is 2. The van der Waals surface area contributed by atoms with Gasteiger partial charge in [0.05, 0.1) is 5.69 Å². The molecule has 1 fully saturated rings. The summed E-state index contributed by atoms with van der Waals surface area (Å²) in [6, 6.07) is 14.4. The molecule has 0 radical (unpaired) electrons. The fourth-order valence-corrected chi connectivity index (χ4v) is 3.53. The number of amides is 2. The van der Waals surface area contributed by atoms with Gasteiger partial charge in [0.25, 0.3) is 11.8 Å². The predicted octanol–water partition coefficient (Wildman–Crippen LogP) is 3.37. The van der Waals surface area contributed by atoms with Gasteiger partial charge in [0.2, 0.25) is 6.79 Å². The molecular formula is C21H18N2O4S. The lowest BCUT2D eigenvalue weighted by Gasteiger charge is -2.36. The van der Waals surface area contributed by atoms with Crippen molar-refractivity contribution in [3.63, 3.8) is 0 Å². The van der Waals surface area contributed by atoms with Crippen LogP contribution < -0.4 is 14.4 Å². The summed E-state index contributed by atoms with van der Waals surface area (Å²) >= 11 is 5.48. The van der Waals surface area contributed by atoms with E-state index in [1.165, 1.54) is 9.80 Å². The number of rotatable bonds is 4. The highest BCUT2D eigenvalue weighted by atomic mass is 32.1. The van der Waals surface area contributed by atoms with Gasteiger partial charge >= 0.3 is 0 Å². The van der Waals surface area contributed by atoms with Gasteiger partial charge in [-0.1, -0.05) is 31.2 Å². The Kier molecular flexibility index (Phi) is 4.83. The molecule has 0 unspecified atom stereocenters. The molecule has 1 saturated heterocycles. The predicted molar refractivity (Wildman–Crippen MR) is 109 cm³/mol. The second-order valence-electron chi connectivity index (χ2n) is 6.39. The molecule has 142 valence electrons. The monoisotopic (exact) mass is 394 g/mol. The average Bonchev–Trinajstić information content (AvgIpc) is 3.17. The topological polar surface area (TPSA) is 59.1 Å². The Morgan fingerprint density at radius 3 is 2.54 bits per heavy atom. The molecule has 2 aromatic carbocycles. The van der Waals surface area contributed by atoms with E-state index in [2.05, 4.69) is 0 Å². The summed E-state index contributed by atoms with van der Waals surface area (Å²) in [5.74, 6) is 0.405. The van der Waals surface area contributed by atoms with Crippen molar-refractivity contribution < 1.29 is 19.1 Å². The van der Waals surface area contributed by atoms with Gasteiger partial charge in [0, 0.05) is 6.54 Å². The normalized spacial score (nSPS) is 17.6. The van der Waals surface area contributed by atoms with Gasteiger partial charge in [-0.2, -0.15) is 0 Å². The van der Waals surface area contributed by atoms with Crippen LogP contribution in [0.5, 0.6) is 11.5 Å². The minimum absolute atomic E-state index is 0.0600. The molecule has 28 heavy (non-hydrogen) atoms. The van der Waals surface area contributed by atoms with Gasteiger partial charge in [-0.05, 0) is 54.5 Å². The maximum absolute atomic E-state index is 13.2. The zero-order valence-corrected chi connectivity index (χ0v) is 16.1. The minimum Gasteiger partial charge on any atom is -0.454 e. The molecule has 0 aromatic heterocycles. The van der Waals surface area contributed by atoms with Crippen LogP contribution in [0, 0.1) is 0 Å². The highest BCUT2D eigenvalue weighted by Crippen LogP contribution is 2.34. The number of ether oxygens (including phenoxy) is 2. The number of hydrogen-bond donors (Lipinski definition) is 0. The molecule has 0 aliphatic carbocycles. The van der Waals surface area contributed by atoms with E-state index >= 15 is 0 Å². The first-order valence-electron chi connectivity index (χ1n) is 8.97. The molecule has 0 bridgehead atoms. The first-order chi connectivity index (χ1) is 13.6. The number of carbonyl (C=O) groups is 2. The van der Waals surface area contributed by atoms with E-state index in [4.69, 9.17) is 21.7 Å². The second-order valence-corrected chi connectivity index (χ2v) is 6.75. The van der Waals surface area contributed by atoms with Crippen LogP contribution >= 0.6 is 12.2 Å². The van der Waals surface area contributed by atoms with Gasteiger partial charge in [0.1, 0.15) is 5.57 Å². The van der Waals surface area contributed by atoms with Gasteiger partial charge in [-0.3, -0.25) is 19.4 Å². The molecule has 2 aliphatic heterocycles. The van der Waals surface area contributed by atoms with E-state index in [0.29, 0.717) is 29.3 Å². The van der Waals surface area contributed by atoms with Crippen LogP contribution in [0.4, 0.5) is 5.69 Å². The van der Waals surface area contributed by atoms with E-state index in [0.717, 1.165) is 6.42 Å². The van der Waals surface area contributed by atoms with Crippen molar-refractivity contribution >= 4 is 40.9 Å². The molecule has 2 amide bonds. The summed E-state index contributed by atoms with van der Waals surface area (Å²) in [5.41, 5.74) is 1.37. The number of anilines is 1. The first kappa shape index (κ1) is 18.2. The van der Waals surface area contributed by atoms with Gasteiger partial charge in [-0.25, -0.2) is 0 Å². The van der Waals surface area contributed by atoms with Crippen LogP contribution in [0.25, 0.3) is 6.08 Å². The molecule has 6 nitrogen and oxygen atoms in total. The van der Waals surface area contributed by atoms with Crippen LogP contribution in [0.1, 0.15) is 18.9 Å². The number of fused-ring (bicyclic) bond motifs is 1. The minimum atomic E-state index is -0.439. The van der Waals surface area contributed by atoms with E-state index in [1.54, 1.807) is 36.4 Å². The number of para-hydroxylation sites is 1. The smallest absolute Gasteiger partial charge is 0.270 e. The van der Waals surface area contributed by atoms with E-state index in [9.17, 15) is 9.59 Å². The summed E-state index contributed by atoms with van der Waals surface area (Å²) in [6.45, 7) is 2.56. The lowest BCUT2D eigenvalue weighted by Crippen LogP contribution is -2.56. The summed E-state index contributed by atoms with van der Waals surface area (Å²) < 4.78 is 10.7. The molecule has 4 rings (SSSR count). The zero-order chi connectivity index (χ0) is 19.7. The Labute approximate surface area is 168 Å². The summed E-state index contributed by atoms with van der Waals surface area (Å²) in [4.78, 5) is 29.1. The number of hydrogen-bond acceptors (Lipinski definition) is 5. The molecule has 0 spiro atoms. The lowest BCUT2D eigenvalue weighted by molar-refractivity contribution is -0.127. The maximum atomic E-state index is 13.2. The van der Waals surface area contributed by atoms with Crippen molar-refractivity contribution in [3.8, 4) is 11.5 Å². The molecule has 2 aliphatic rings. The molecular weight excluding hydrogens is 376 g/mol. The fourth-order valence-electron chi connectivity index (χ4n) is 3.17. The maximum Gasteiger partial charge on any atom is 0.270 e. The molecule has 2 heterocycles. The highest BCUT2D eigenvalue weighted by Gasteiger charge is 2.39. The molecule has 7 heteroatoms. The Morgan fingerprint density at radius 1 is 1.04 bits per heavy atom. The first-order valence-corrected chi connectivity index (χ1v) is 9.37. The van der Waals surface area contributed by atoms with Gasteiger partial charge in [0.15, 0.2) is 16.6 Å². The third-order valence-corrected chi connectivity index (χ3v) is 4.90. The largest absolute Gasteiger partial charge is 0.454 e. The molecule has 0 saturated carbocycles. The highest BCUT2D eigenvalue weighted by molar-refractivity contribution is 7.80. The van der Waals surface area contributed by atoms with Crippen molar-refractivity contribution in [1.82, 2.24) is 4.90 Å². The number of benzene rings is 2. The van der Waals surface area contributed by atoms with Crippen LogP contribution in [0.15, 0.2) is 54.1 Å². The van der Waals surface area contributed by atoms with Crippen LogP contribution in [0.2, 0.25) is 0 Å². The fraction of sp³-hybridized carbons (Fsp3) is 0.190. The zero-order valence-electron chi connectivity index (χ0n) is 15.3. The van der Waals surface area contributed by atoms with Crippen molar-refractivity contribution in [2.24, 2.45) is 0 Å². The Hall–Kier alpha value is -3.19. The molecule has 0 N–H and O–H groups in total. The molecule has 0 atom stereocenters. The van der Waals surface area contributed by atoms with Crippen molar-refractivity contribution in [2.75, 3.05) is 18.2 Å². The van der Waals surface area contributed by atoms with E-state index < -0.39 is 5.91 Å². The quantitative estimate of drug-likeness (QED) is 0.452. The second kappa shape index (κ2) is 7.44. The Bertz CT molecular complexity index is 987. The van der Waals surface area contributed by atoms with Crippen molar-refractivity contribution in [1.29, 1.82) is 0 Å². The van der Waals surface area contributed by atoms with Crippen molar-refractivity contribution in [3.05, 3.63) is 59.7 Å². The summed E-state index contributed by atoms with van der Waals surface area (Å²) in [7, 11) is 0. The summed E-state index contributed by atoms with van der Waals surface area (Å²) in [5, 5.41) is 0.200. The van der Waals surface area contributed by atoms with Gasteiger partial charge < -0.3 is 9.47 Å². The Morgan fingerprint density at radius 2 is 1.79 bits per heavy atom. The standard InChI is InChI=1S/C21H18N2O4S/c1-2-10-22-19(24)16(11-14-8-9-17-18(12-14)27-13-26-17)20(25)23(21(22)28)15-6-4-3-5-7-15/h3-9,11-12H,2,10,13H2,1H3/b16-11-. The summed E-state index contributed by atoms with van der Waals surface area (Å²) in [6.07, 6.45) is 2.30. The third kappa shape index (κ3) is 3.14. The van der Waals surface area contributed by atoms with E-state index in [-0.39, 0.29) is 23.4 Å². The van der Waals surface area contributed by atoms with Crippen LogP contribution in [0.3, 0.4) is 0 Å². The van der Waals surface area contributed by atoms with Gasteiger partial charge in [-0.15, -0.1) is 0 Å².